The molecule has 0 aliphatic carbocycles. The third-order valence-electron chi connectivity index (χ3n) is 3.72. The summed E-state index contributed by atoms with van der Waals surface area (Å²) >= 11 is 0. The smallest absolute Gasteiger partial charge is 0.200 e. The molecule has 0 amide bonds. The van der Waals surface area contributed by atoms with Gasteiger partial charge in [0.15, 0.2) is 17.3 Å². The Labute approximate surface area is 109 Å². The van der Waals surface area contributed by atoms with Crippen molar-refractivity contribution in [2.24, 2.45) is 0 Å². The van der Waals surface area contributed by atoms with E-state index in [1.807, 2.05) is 12.1 Å². The van der Waals surface area contributed by atoms with Gasteiger partial charge in [-0.1, -0.05) is 0 Å². The van der Waals surface area contributed by atoms with Gasteiger partial charge in [-0.05, 0) is 22.6 Å². The van der Waals surface area contributed by atoms with Crippen LogP contribution in [0.15, 0.2) is 12.1 Å². The molecule has 8 nitrogen and oxygen atoms in total. The summed E-state index contributed by atoms with van der Waals surface area (Å²) in [5.41, 5.74) is 0.652. The van der Waals surface area contributed by atoms with Gasteiger partial charge in [0.2, 0.25) is 0 Å². The minimum Gasteiger partial charge on any atom is -0.355 e. The van der Waals surface area contributed by atoms with Crippen LogP contribution in [-0.2, 0) is 9.47 Å². The van der Waals surface area contributed by atoms with Crippen molar-refractivity contribution in [3.05, 3.63) is 12.1 Å². The Bertz CT molecular complexity index is 584. The third-order valence-corrected chi connectivity index (χ3v) is 3.72. The van der Waals surface area contributed by atoms with Crippen LogP contribution in [0.25, 0.3) is 5.65 Å². The van der Waals surface area contributed by atoms with Gasteiger partial charge < -0.3 is 14.4 Å². The molecule has 19 heavy (non-hydrogen) atoms. The molecule has 0 saturated carbocycles. The highest BCUT2D eigenvalue weighted by Crippen LogP contribution is 2.32. The van der Waals surface area contributed by atoms with E-state index in [4.69, 9.17) is 9.47 Å². The lowest BCUT2D eigenvalue weighted by atomic mass is 10.0. The quantitative estimate of drug-likeness (QED) is 0.708. The van der Waals surface area contributed by atoms with Crippen LogP contribution < -0.4 is 4.90 Å². The zero-order valence-corrected chi connectivity index (χ0v) is 10.4. The molecule has 4 rings (SSSR count). The molecule has 8 heteroatoms. The predicted octanol–water partition coefficient (Wildman–Crippen LogP) is -0.137. The SMILES string of the molecule is c1cc2nnnn2nc1N1CCC2(CC1)OCCO2. The minimum absolute atomic E-state index is 0.352. The Morgan fingerprint density at radius 2 is 1.89 bits per heavy atom. The molecule has 2 aliphatic rings. The predicted molar refractivity (Wildman–Crippen MR) is 64.7 cm³/mol. The Morgan fingerprint density at radius 3 is 2.68 bits per heavy atom. The van der Waals surface area contributed by atoms with Gasteiger partial charge in [-0.25, -0.2) is 0 Å². The van der Waals surface area contributed by atoms with Crippen LogP contribution in [0.4, 0.5) is 5.82 Å². The lowest BCUT2D eigenvalue weighted by molar-refractivity contribution is -0.169. The Hall–Kier alpha value is -1.80. The maximum atomic E-state index is 5.72. The van der Waals surface area contributed by atoms with E-state index in [9.17, 15) is 0 Å². The van der Waals surface area contributed by atoms with Crippen LogP contribution >= 0.6 is 0 Å². The lowest BCUT2D eigenvalue weighted by Gasteiger charge is -2.37. The van der Waals surface area contributed by atoms with E-state index in [-0.39, 0.29) is 5.79 Å². The van der Waals surface area contributed by atoms with Crippen molar-refractivity contribution in [2.45, 2.75) is 18.6 Å². The van der Waals surface area contributed by atoms with E-state index in [2.05, 4.69) is 25.5 Å². The van der Waals surface area contributed by atoms with Crippen LogP contribution in [0.3, 0.4) is 0 Å². The second-order valence-corrected chi connectivity index (χ2v) is 4.81. The molecule has 0 bridgehead atoms. The number of aromatic nitrogens is 5. The highest BCUT2D eigenvalue weighted by Gasteiger charge is 2.40. The van der Waals surface area contributed by atoms with E-state index in [1.165, 1.54) is 4.63 Å². The number of ether oxygens (including phenoxy) is 2. The third kappa shape index (κ3) is 1.83. The first-order valence-electron chi connectivity index (χ1n) is 6.43. The van der Waals surface area contributed by atoms with Gasteiger partial charge in [0.05, 0.1) is 13.2 Å². The molecule has 2 aromatic heterocycles. The molecule has 1 spiro atoms. The average Bonchev–Trinajstić information content (AvgIpc) is 3.08. The van der Waals surface area contributed by atoms with Crippen molar-refractivity contribution in [3.8, 4) is 0 Å². The largest absolute Gasteiger partial charge is 0.355 e. The van der Waals surface area contributed by atoms with Gasteiger partial charge in [-0.3, -0.25) is 0 Å². The minimum atomic E-state index is -0.352. The van der Waals surface area contributed by atoms with Crippen molar-refractivity contribution < 1.29 is 9.47 Å². The zero-order valence-electron chi connectivity index (χ0n) is 10.4. The molecule has 4 heterocycles. The van der Waals surface area contributed by atoms with Crippen molar-refractivity contribution in [3.63, 3.8) is 0 Å². The highest BCUT2D eigenvalue weighted by molar-refractivity contribution is 5.44. The molecule has 2 aliphatic heterocycles. The van der Waals surface area contributed by atoms with Crippen molar-refractivity contribution in [2.75, 3.05) is 31.2 Å². The standard InChI is InChI=1S/C11H14N6O2/c1-2-10(13-17-9(1)12-14-15-17)16-5-3-11(4-6-16)18-7-8-19-11/h1-2H,3-8H2. The van der Waals surface area contributed by atoms with Gasteiger partial charge in [-0.2, -0.15) is 0 Å². The van der Waals surface area contributed by atoms with Crippen molar-refractivity contribution in [1.29, 1.82) is 0 Å². The van der Waals surface area contributed by atoms with Gasteiger partial charge in [0.1, 0.15) is 0 Å². The number of rotatable bonds is 1. The maximum Gasteiger partial charge on any atom is 0.200 e. The van der Waals surface area contributed by atoms with E-state index in [0.29, 0.717) is 18.9 Å². The normalized spacial score (nSPS) is 22.4. The van der Waals surface area contributed by atoms with Crippen LogP contribution in [0.2, 0.25) is 0 Å². The van der Waals surface area contributed by atoms with Crippen LogP contribution in [0, 0.1) is 0 Å². The summed E-state index contributed by atoms with van der Waals surface area (Å²) in [5, 5.41) is 15.6. The molecule has 0 N–H and O–H groups in total. The number of hydrogen-bond donors (Lipinski definition) is 0. The summed E-state index contributed by atoms with van der Waals surface area (Å²) in [4.78, 5) is 2.21. The Balaban J connectivity index is 1.54. The fourth-order valence-electron chi connectivity index (χ4n) is 2.67. The van der Waals surface area contributed by atoms with E-state index in [0.717, 1.165) is 31.7 Å². The molecular weight excluding hydrogens is 248 g/mol. The molecule has 2 aromatic rings. The molecule has 2 saturated heterocycles. The maximum absolute atomic E-state index is 5.72. The topological polar surface area (TPSA) is 77.7 Å². The van der Waals surface area contributed by atoms with Gasteiger partial charge in [0, 0.05) is 25.9 Å². The number of piperidine rings is 1. The number of hydrogen-bond acceptors (Lipinski definition) is 7. The van der Waals surface area contributed by atoms with E-state index in [1.54, 1.807) is 0 Å². The average molecular weight is 262 g/mol. The first-order valence-corrected chi connectivity index (χ1v) is 6.43. The lowest BCUT2D eigenvalue weighted by Crippen LogP contribution is -2.45. The monoisotopic (exact) mass is 262 g/mol. The fourth-order valence-corrected chi connectivity index (χ4v) is 2.67. The zero-order chi connectivity index (χ0) is 12.7. The number of fused-ring (bicyclic) bond motifs is 1. The Morgan fingerprint density at radius 1 is 1.11 bits per heavy atom. The molecule has 100 valence electrons. The molecular formula is C11H14N6O2. The first-order chi connectivity index (χ1) is 9.35. The van der Waals surface area contributed by atoms with Crippen LogP contribution in [-0.4, -0.2) is 57.3 Å². The second-order valence-electron chi connectivity index (χ2n) is 4.81. The Kier molecular flexibility index (Phi) is 2.39. The first kappa shape index (κ1) is 11.1. The van der Waals surface area contributed by atoms with E-state index >= 15 is 0 Å². The van der Waals surface area contributed by atoms with E-state index < -0.39 is 0 Å². The summed E-state index contributed by atoms with van der Waals surface area (Å²) in [6.07, 6.45) is 1.73. The van der Waals surface area contributed by atoms with Crippen LogP contribution in [0.5, 0.6) is 0 Å². The molecule has 0 radical (unpaired) electrons. The second kappa shape index (κ2) is 4.10. The summed E-state index contributed by atoms with van der Waals surface area (Å²) in [6.45, 7) is 3.13. The van der Waals surface area contributed by atoms with Crippen LogP contribution in [0.1, 0.15) is 12.8 Å². The number of anilines is 1. The fraction of sp³-hybridized carbons (Fsp3) is 0.636. The number of nitrogens with zero attached hydrogens (tertiary/aromatic N) is 6. The van der Waals surface area contributed by atoms with Gasteiger partial charge in [0.25, 0.3) is 0 Å². The van der Waals surface area contributed by atoms with Gasteiger partial charge >= 0.3 is 0 Å². The van der Waals surface area contributed by atoms with Gasteiger partial charge in [-0.15, -0.1) is 14.8 Å². The molecule has 0 aromatic carbocycles. The van der Waals surface area contributed by atoms with Crippen molar-refractivity contribution in [1.82, 2.24) is 25.3 Å². The molecule has 0 unspecified atom stereocenters. The molecule has 2 fully saturated rings. The number of tetrazole rings is 1. The summed E-state index contributed by atoms with van der Waals surface area (Å²) in [5.74, 6) is 0.530. The summed E-state index contributed by atoms with van der Waals surface area (Å²) in [6, 6.07) is 3.81. The molecule has 0 atom stereocenters. The summed E-state index contributed by atoms with van der Waals surface area (Å²) in [7, 11) is 0. The highest BCUT2D eigenvalue weighted by atomic mass is 16.7. The summed E-state index contributed by atoms with van der Waals surface area (Å²) < 4.78 is 12.9. The van der Waals surface area contributed by atoms with Crippen molar-refractivity contribution >= 4 is 11.5 Å².